The van der Waals surface area contributed by atoms with Crippen LogP contribution < -0.4 is 4.74 Å². The van der Waals surface area contributed by atoms with Crippen LogP contribution in [-0.2, 0) is 75.0 Å². The van der Waals surface area contributed by atoms with E-state index in [0.29, 0.717) is 50.7 Å². The second-order valence-electron chi connectivity index (χ2n) is 20.1. The van der Waals surface area contributed by atoms with E-state index in [1.807, 2.05) is 93.6 Å². The van der Waals surface area contributed by atoms with E-state index in [1.54, 1.807) is 19.3 Å². The second kappa shape index (κ2) is 27.9. The number of methoxy groups -OCH3 is 3. The summed E-state index contributed by atoms with van der Waals surface area (Å²) in [5.41, 5.74) is 3.25. The van der Waals surface area contributed by atoms with Gasteiger partial charge in [-0.2, -0.15) is 0 Å². The van der Waals surface area contributed by atoms with Gasteiger partial charge in [-0.25, -0.2) is 9.59 Å². The van der Waals surface area contributed by atoms with Crippen LogP contribution in [0, 0.1) is 5.41 Å². The minimum Gasteiger partial charge on any atom is -0.497 e. The molecule has 398 valence electrons. The number of allylic oxidation sites excluding steroid dienone is 3. The number of hydrogen-bond acceptors (Lipinski definition) is 14. The summed E-state index contributed by atoms with van der Waals surface area (Å²) < 4.78 is 69.4. The molecule has 0 amide bonds. The van der Waals surface area contributed by atoms with Crippen LogP contribution in [0.4, 0.5) is 0 Å². The number of esters is 3. The third-order valence-corrected chi connectivity index (χ3v) is 13.8. The van der Waals surface area contributed by atoms with E-state index in [9.17, 15) is 14.4 Å². The van der Waals surface area contributed by atoms with Gasteiger partial charge in [0, 0.05) is 43.9 Å². The van der Waals surface area contributed by atoms with E-state index in [-0.39, 0.29) is 57.1 Å². The van der Waals surface area contributed by atoms with Crippen molar-refractivity contribution < 1.29 is 66.5 Å². The molecular formula is C59H78O14. The van der Waals surface area contributed by atoms with Crippen LogP contribution in [0.2, 0.25) is 0 Å². The van der Waals surface area contributed by atoms with Gasteiger partial charge in [0.1, 0.15) is 18.6 Å². The first-order valence-electron chi connectivity index (χ1n) is 25.7. The Kier molecular flexibility index (Phi) is 21.8. The van der Waals surface area contributed by atoms with Crippen molar-refractivity contribution >= 4 is 17.9 Å². The van der Waals surface area contributed by atoms with Crippen molar-refractivity contribution in [2.75, 3.05) is 28.1 Å². The van der Waals surface area contributed by atoms with E-state index in [1.165, 1.54) is 26.4 Å². The zero-order valence-electron chi connectivity index (χ0n) is 44.0. The Balaban J connectivity index is 1.40. The van der Waals surface area contributed by atoms with Crippen molar-refractivity contribution in [1.29, 1.82) is 0 Å². The van der Waals surface area contributed by atoms with Crippen LogP contribution in [0.5, 0.6) is 5.75 Å². The van der Waals surface area contributed by atoms with Gasteiger partial charge in [-0.3, -0.25) is 4.79 Å². The number of unbranched alkanes of at least 4 members (excludes halogenated alkanes) is 1. The first kappa shape index (κ1) is 57.1. The first-order chi connectivity index (χ1) is 35.1. The van der Waals surface area contributed by atoms with Crippen LogP contribution in [-0.4, -0.2) is 107 Å². The van der Waals surface area contributed by atoms with Gasteiger partial charge >= 0.3 is 17.9 Å². The predicted molar refractivity (Wildman–Crippen MR) is 276 cm³/mol. The van der Waals surface area contributed by atoms with Gasteiger partial charge in [-0.15, -0.1) is 0 Å². The van der Waals surface area contributed by atoms with Gasteiger partial charge in [-0.1, -0.05) is 124 Å². The number of carbonyl (C=O) groups is 3. The summed E-state index contributed by atoms with van der Waals surface area (Å²) in [6.07, 6.45) is 11.9. The molecule has 10 atom stereocenters. The van der Waals surface area contributed by atoms with Crippen LogP contribution >= 0.6 is 0 Å². The summed E-state index contributed by atoms with van der Waals surface area (Å²) in [7, 11) is 4.38. The number of carbonyl (C=O) groups excluding carboxylic acids is 3. The topological polar surface area (TPSA) is 153 Å². The molecule has 6 bridgehead atoms. The van der Waals surface area contributed by atoms with Crippen LogP contribution in [0.25, 0.3) is 0 Å². The lowest BCUT2D eigenvalue weighted by Crippen LogP contribution is -2.63. The number of rotatable bonds is 17. The quantitative estimate of drug-likeness (QED) is 0.0281. The largest absolute Gasteiger partial charge is 0.497 e. The molecule has 0 aromatic heterocycles. The predicted octanol–water partition coefficient (Wildman–Crippen LogP) is 10.5. The molecule has 14 nitrogen and oxygen atoms in total. The molecule has 0 unspecified atom stereocenters. The fourth-order valence-electron chi connectivity index (χ4n) is 9.98. The summed E-state index contributed by atoms with van der Waals surface area (Å²) in [6, 6.07) is 17.3. The highest BCUT2D eigenvalue weighted by atomic mass is 16.7. The Morgan fingerprint density at radius 3 is 2.21 bits per heavy atom. The molecule has 0 N–H and O–H groups in total. The van der Waals surface area contributed by atoms with Crippen LogP contribution in [0.1, 0.15) is 109 Å². The molecule has 2 aromatic carbocycles. The maximum absolute atomic E-state index is 14.5. The van der Waals surface area contributed by atoms with E-state index in [0.717, 1.165) is 40.9 Å². The highest BCUT2D eigenvalue weighted by Gasteiger charge is 2.59. The van der Waals surface area contributed by atoms with Crippen molar-refractivity contribution in [3.63, 3.8) is 0 Å². The molecule has 6 rings (SSSR count). The Morgan fingerprint density at radius 2 is 1.51 bits per heavy atom. The third-order valence-electron chi connectivity index (χ3n) is 13.8. The molecule has 0 aliphatic carbocycles. The molecule has 0 saturated carbocycles. The zero-order valence-corrected chi connectivity index (χ0v) is 44.0. The average molecular weight is 1010 g/mol. The molecule has 4 aliphatic heterocycles. The minimum atomic E-state index is -1.77. The molecule has 4 aliphatic rings. The molecular weight excluding hydrogens is 933 g/mol. The van der Waals surface area contributed by atoms with Crippen molar-refractivity contribution in [2.24, 2.45) is 5.41 Å². The molecule has 0 spiro atoms. The highest BCUT2D eigenvalue weighted by Crippen LogP contribution is 2.49. The Labute approximate surface area is 432 Å². The van der Waals surface area contributed by atoms with Crippen molar-refractivity contribution in [3.8, 4) is 5.75 Å². The number of benzene rings is 2. The van der Waals surface area contributed by atoms with Gasteiger partial charge in [0.15, 0.2) is 6.10 Å². The van der Waals surface area contributed by atoms with E-state index >= 15 is 0 Å². The molecule has 14 heteroatoms. The van der Waals surface area contributed by atoms with E-state index < -0.39 is 59.6 Å². The normalized spacial score (nSPS) is 29.6. The zero-order chi connectivity index (χ0) is 52.4. The van der Waals surface area contributed by atoms with Gasteiger partial charge in [-0.05, 0) is 74.3 Å². The standard InChI is InChI=1S/C59H78O14/c1-10-11-12-13-17-20-54(60)72-57-45(32-55(61)64-8)31-52-35-53(42(4)68-39-66-37-43-18-15-14-16-19-43)71-56(62)36-48(67-38-44-21-23-46(63-7)24-22-44)33-49-29-41(3)30-51(70-49)34-50-28-40(2)27-47(69-50)25-26-58(5,6)59(57,65-9)73-52/h12-26,32,42,47-53,57H,2-3,10-11,27-31,33-39H2,1,4-9H3/b13-12+,20-17+,26-25-,45-32+/t42-,47+,48-,49+,50+,51-,52+,53-,57+,59-/m1/s1. The fraction of sp³-hybridized carbons (Fsp3) is 0.542. The molecule has 0 radical (unpaired) electrons. The van der Waals surface area contributed by atoms with Crippen LogP contribution in [0.15, 0.2) is 127 Å². The highest BCUT2D eigenvalue weighted by molar-refractivity contribution is 5.84. The van der Waals surface area contributed by atoms with Crippen molar-refractivity contribution in [1.82, 2.24) is 0 Å². The molecule has 73 heavy (non-hydrogen) atoms. The monoisotopic (exact) mass is 1010 g/mol. The number of fused-ring (bicyclic) bond motifs is 6. The number of hydrogen-bond donors (Lipinski definition) is 0. The lowest BCUT2D eigenvalue weighted by atomic mass is 9.73. The van der Waals surface area contributed by atoms with Crippen LogP contribution in [0.3, 0.4) is 0 Å². The van der Waals surface area contributed by atoms with E-state index in [2.05, 4.69) is 20.1 Å². The van der Waals surface area contributed by atoms with Gasteiger partial charge < -0.3 is 52.1 Å². The fourth-order valence-corrected chi connectivity index (χ4v) is 9.98. The average Bonchev–Trinajstić information content (AvgIpc) is 3.36. The van der Waals surface area contributed by atoms with Gasteiger partial charge in [0.2, 0.25) is 5.79 Å². The number of cyclic esters (lactones) is 1. The lowest BCUT2D eigenvalue weighted by Gasteiger charge is -2.53. The lowest BCUT2D eigenvalue weighted by molar-refractivity contribution is -0.338. The second-order valence-corrected chi connectivity index (χ2v) is 20.1. The Morgan fingerprint density at radius 1 is 0.808 bits per heavy atom. The Bertz CT molecular complexity index is 2250. The molecule has 3 saturated heterocycles. The minimum absolute atomic E-state index is 0.0637. The SMILES string of the molecule is C=C1C[C@@H]2C[C@@H]3CC(=C)C[C@H](/C=C\C(C)(C)[C@]4(OC)O[C@@H](C/C(=C\C(=O)OC)[C@@H]4OC(=O)/C=C/C=C/CCC)C[C@H]([C@@H](C)OCOCc4ccccc4)OC(=O)C[C@H](OCc4ccc(OC)cc4)C[C@H](C1)O2)O3. The first-order valence-corrected chi connectivity index (χ1v) is 25.7. The summed E-state index contributed by atoms with van der Waals surface area (Å²) in [5, 5.41) is 0. The van der Waals surface area contributed by atoms with Gasteiger partial charge in [0.25, 0.3) is 0 Å². The molecule has 4 heterocycles. The summed E-state index contributed by atoms with van der Waals surface area (Å²) in [5.74, 6) is -2.92. The maximum atomic E-state index is 14.5. The van der Waals surface area contributed by atoms with E-state index in [4.69, 9.17) is 52.1 Å². The maximum Gasteiger partial charge on any atom is 0.331 e. The summed E-state index contributed by atoms with van der Waals surface area (Å²) in [4.78, 5) is 41.6. The van der Waals surface area contributed by atoms with Crippen molar-refractivity contribution in [3.05, 3.63) is 138 Å². The third kappa shape index (κ3) is 16.9. The molecule has 3 fully saturated rings. The summed E-state index contributed by atoms with van der Waals surface area (Å²) in [6.45, 7) is 17.0. The van der Waals surface area contributed by atoms with Gasteiger partial charge in [0.05, 0.1) is 76.6 Å². The number of ether oxygens (including phenoxy) is 11. The molecule has 2 aromatic rings. The smallest absolute Gasteiger partial charge is 0.331 e. The van der Waals surface area contributed by atoms with Crippen molar-refractivity contribution in [2.45, 2.75) is 172 Å². The Hall–Kier alpha value is -5.19. The summed E-state index contributed by atoms with van der Waals surface area (Å²) >= 11 is 0.